The highest BCUT2D eigenvalue weighted by molar-refractivity contribution is 6.24. The van der Waals surface area contributed by atoms with Gasteiger partial charge in [0.25, 0.3) is 11.8 Å². The molecule has 7 nitrogen and oxygen atoms in total. The number of amides is 4. The maximum atomic E-state index is 14.6. The first-order chi connectivity index (χ1) is 12.9. The van der Waals surface area contributed by atoms with Crippen molar-refractivity contribution in [2.24, 2.45) is 0 Å². The Bertz CT molecular complexity index is 880. The summed E-state index contributed by atoms with van der Waals surface area (Å²) < 4.78 is 29.0. The van der Waals surface area contributed by atoms with E-state index in [0.717, 1.165) is 0 Å². The zero-order chi connectivity index (χ0) is 19.3. The largest absolute Gasteiger partial charge is 0.317 e. The summed E-state index contributed by atoms with van der Waals surface area (Å²) in [6.07, 6.45) is 1.02. The molecule has 2 N–H and O–H groups in total. The molecule has 27 heavy (non-hydrogen) atoms. The summed E-state index contributed by atoms with van der Waals surface area (Å²) in [5, 5.41) is 5.21. The van der Waals surface area contributed by atoms with E-state index in [4.69, 9.17) is 0 Å². The molecule has 1 atom stereocenters. The molecule has 1 aromatic rings. The zero-order valence-corrected chi connectivity index (χ0v) is 14.3. The maximum Gasteiger partial charge on any atom is 0.265 e. The standard InChI is InChI=1S/C18H17F2N3O4/c19-9-7-10(20)14-15(13(9)8-3-5-21-6-4-8)18(27)23(17(14)26)11-1-2-12(24)22-16(11)25/h7-8,11,21H,1-6H2,(H,22,24,25). The van der Waals surface area contributed by atoms with Crippen LogP contribution in [0, 0.1) is 11.6 Å². The van der Waals surface area contributed by atoms with Gasteiger partial charge in [-0.15, -0.1) is 0 Å². The summed E-state index contributed by atoms with van der Waals surface area (Å²) in [4.78, 5) is 49.9. The van der Waals surface area contributed by atoms with Crippen LogP contribution in [0.1, 0.15) is 57.9 Å². The van der Waals surface area contributed by atoms with Gasteiger partial charge in [-0.3, -0.25) is 29.4 Å². The molecule has 4 amide bonds. The number of imide groups is 2. The van der Waals surface area contributed by atoms with Gasteiger partial charge in [-0.1, -0.05) is 0 Å². The average Bonchev–Trinajstić information content (AvgIpc) is 2.88. The lowest BCUT2D eigenvalue weighted by Gasteiger charge is -2.28. The third kappa shape index (κ3) is 2.73. The van der Waals surface area contributed by atoms with Crippen LogP contribution in [0.3, 0.4) is 0 Å². The molecule has 142 valence electrons. The van der Waals surface area contributed by atoms with Crippen molar-refractivity contribution in [1.82, 2.24) is 15.5 Å². The van der Waals surface area contributed by atoms with Gasteiger partial charge in [-0.25, -0.2) is 8.78 Å². The van der Waals surface area contributed by atoms with E-state index in [9.17, 15) is 28.0 Å². The molecule has 0 spiro atoms. The van der Waals surface area contributed by atoms with Crippen LogP contribution in [0.2, 0.25) is 0 Å². The summed E-state index contributed by atoms with van der Waals surface area (Å²) in [5.74, 6) is -5.42. The molecule has 0 radical (unpaired) electrons. The summed E-state index contributed by atoms with van der Waals surface area (Å²) in [6.45, 7) is 1.24. The zero-order valence-electron chi connectivity index (χ0n) is 14.3. The van der Waals surface area contributed by atoms with Gasteiger partial charge in [0.05, 0.1) is 11.1 Å². The second-order valence-electron chi connectivity index (χ2n) is 6.98. The Morgan fingerprint density at radius 1 is 0.926 bits per heavy atom. The summed E-state index contributed by atoms with van der Waals surface area (Å²) in [7, 11) is 0. The monoisotopic (exact) mass is 377 g/mol. The Kier molecular flexibility index (Phi) is 4.26. The number of fused-ring (bicyclic) bond motifs is 1. The SMILES string of the molecule is O=C1CCC(N2C(=O)c3c(F)cc(F)c(C4CCNCC4)c3C2=O)C(=O)N1. The lowest BCUT2D eigenvalue weighted by Crippen LogP contribution is -2.54. The first-order valence-electron chi connectivity index (χ1n) is 8.84. The minimum absolute atomic E-state index is 0.0388. The molecule has 9 heteroatoms. The van der Waals surface area contributed by atoms with Crippen molar-refractivity contribution in [3.8, 4) is 0 Å². The molecule has 0 bridgehead atoms. The van der Waals surface area contributed by atoms with Gasteiger partial charge < -0.3 is 5.32 Å². The lowest BCUT2D eigenvalue weighted by atomic mass is 9.85. The van der Waals surface area contributed by atoms with E-state index in [0.29, 0.717) is 36.9 Å². The van der Waals surface area contributed by atoms with Gasteiger partial charge in [0.1, 0.15) is 17.7 Å². The van der Waals surface area contributed by atoms with Crippen molar-refractivity contribution in [2.75, 3.05) is 13.1 Å². The Morgan fingerprint density at radius 3 is 2.26 bits per heavy atom. The van der Waals surface area contributed by atoms with Crippen molar-refractivity contribution < 1.29 is 28.0 Å². The smallest absolute Gasteiger partial charge is 0.265 e. The molecular formula is C18H17F2N3O4. The third-order valence-electron chi connectivity index (χ3n) is 5.40. The van der Waals surface area contributed by atoms with Gasteiger partial charge in [-0.05, 0) is 38.3 Å². The summed E-state index contributed by atoms with van der Waals surface area (Å²) >= 11 is 0. The minimum Gasteiger partial charge on any atom is -0.317 e. The van der Waals surface area contributed by atoms with E-state index in [-0.39, 0.29) is 29.9 Å². The Balaban J connectivity index is 1.79. The minimum atomic E-state index is -1.21. The third-order valence-corrected chi connectivity index (χ3v) is 5.40. The topological polar surface area (TPSA) is 95.6 Å². The van der Waals surface area contributed by atoms with Crippen LogP contribution in [0.25, 0.3) is 0 Å². The van der Waals surface area contributed by atoms with Crippen LogP contribution in [0.5, 0.6) is 0 Å². The highest BCUT2D eigenvalue weighted by atomic mass is 19.1. The van der Waals surface area contributed by atoms with E-state index < -0.39 is 46.9 Å². The molecule has 3 heterocycles. The number of carbonyl (C=O) groups is 4. The number of carbonyl (C=O) groups excluding carboxylic acids is 4. The Labute approximate surface area is 153 Å². The fourth-order valence-corrected chi connectivity index (χ4v) is 4.12. The van der Waals surface area contributed by atoms with Crippen LogP contribution in [-0.2, 0) is 9.59 Å². The fourth-order valence-electron chi connectivity index (χ4n) is 4.12. The van der Waals surface area contributed by atoms with Crippen LogP contribution in [0.15, 0.2) is 6.07 Å². The predicted molar refractivity (Wildman–Crippen MR) is 87.9 cm³/mol. The fraction of sp³-hybridized carbons (Fsp3) is 0.444. The number of hydrogen-bond acceptors (Lipinski definition) is 5. The molecule has 0 aromatic heterocycles. The summed E-state index contributed by atoms with van der Waals surface area (Å²) in [6, 6.07) is -0.576. The number of benzene rings is 1. The first-order valence-corrected chi connectivity index (χ1v) is 8.84. The average molecular weight is 377 g/mol. The van der Waals surface area contributed by atoms with Gasteiger partial charge in [0.15, 0.2) is 0 Å². The molecular weight excluding hydrogens is 360 g/mol. The molecule has 4 rings (SSSR count). The van der Waals surface area contributed by atoms with E-state index in [1.165, 1.54) is 0 Å². The van der Waals surface area contributed by atoms with Gasteiger partial charge in [0.2, 0.25) is 11.8 Å². The van der Waals surface area contributed by atoms with Crippen LogP contribution in [-0.4, -0.2) is 47.7 Å². The molecule has 0 aliphatic carbocycles. The van der Waals surface area contributed by atoms with Gasteiger partial charge in [-0.2, -0.15) is 0 Å². The van der Waals surface area contributed by atoms with Gasteiger partial charge in [0, 0.05) is 18.1 Å². The Hall–Kier alpha value is -2.68. The van der Waals surface area contributed by atoms with Crippen molar-refractivity contribution in [2.45, 2.75) is 37.6 Å². The molecule has 1 unspecified atom stereocenters. The molecule has 3 aliphatic rings. The number of rotatable bonds is 2. The second kappa shape index (κ2) is 6.49. The van der Waals surface area contributed by atoms with Gasteiger partial charge >= 0.3 is 0 Å². The molecule has 2 fully saturated rings. The van der Waals surface area contributed by atoms with Crippen LogP contribution < -0.4 is 10.6 Å². The molecule has 1 aromatic carbocycles. The first kappa shape index (κ1) is 17.7. The predicted octanol–water partition coefficient (Wildman–Crippen LogP) is 0.833. The quantitative estimate of drug-likeness (QED) is 0.745. The number of nitrogens with zero attached hydrogens (tertiary/aromatic N) is 1. The molecule has 2 saturated heterocycles. The highest BCUT2D eigenvalue weighted by Gasteiger charge is 2.48. The van der Waals surface area contributed by atoms with Crippen LogP contribution in [0.4, 0.5) is 8.78 Å². The van der Waals surface area contributed by atoms with E-state index in [2.05, 4.69) is 10.6 Å². The van der Waals surface area contributed by atoms with E-state index in [1.807, 2.05) is 0 Å². The van der Waals surface area contributed by atoms with Crippen molar-refractivity contribution >= 4 is 23.6 Å². The van der Waals surface area contributed by atoms with Crippen LogP contribution >= 0.6 is 0 Å². The number of hydrogen-bond donors (Lipinski definition) is 2. The van der Waals surface area contributed by atoms with E-state index in [1.54, 1.807) is 0 Å². The van der Waals surface area contributed by atoms with E-state index >= 15 is 0 Å². The maximum absolute atomic E-state index is 14.6. The van der Waals surface area contributed by atoms with Crippen molar-refractivity contribution in [3.05, 3.63) is 34.4 Å². The number of halogens is 2. The highest BCUT2D eigenvalue weighted by Crippen LogP contribution is 2.38. The number of nitrogens with one attached hydrogen (secondary N) is 2. The van der Waals surface area contributed by atoms with Crippen molar-refractivity contribution in [3.63, 3.8) is 0 Å². The summed E-state index contributed by atoms with van der Waals surface area (Å²) in [5.41, 5.74) is -0.727. The molecule has 0 saturated carbocycles. The molecule has 3 aliphatic heterocycles. The lowest BCUT2D eigenvalue weighted by molar-refractivity contribution is -0.136. The second-order valence-corrected chi connectivity index (χ2v) is 6.98. The normalized spacial score (nSPS) is 23.6. The number of piperidine rings is 2. The van der Waals surface area contributed by atoms with Crippen molar-refractivity contribution in [1.29, 1.82) is 0 Å². The Morgan fingerprint density at radius 2 is 1.59 bits per heavy atom.